The van der Waals surface area contributed by atoms with Crippen LogP contribution in [0.3, 0.4) is 0 Å². The average Bonchev–Trinajstić information content (AvgIpc) is 3.17. The molecule has 0 aliphatic carbocycles. The second-order valence-corrected chi connectivity index (χ2v) is 6.24. The van der Waals surface area contributed by atoms with Crippen LogP contribution in [0.5, 0.6) is 11.9 Å². The van der Waals surface area contributed by atoms with E-state index < -0.39 is 42.4 Å². The maximum absolute atomic E-state index is 12.1. The van der Waals surface area contributed by atoms with Crippen LogP contribution >= 0.6 is 0 Å². The summed E-state index contributed by atoms with van der Waals surface area (Å²) in [7, 11) is 0. The monoisotopic (exact) mass is 381 g/mol. The van der Waals surface area contributed by atoms with Gasteiger partial charge in [0, 0.05) is 12.7 Å². The van der Waals surface area contributed by atoms with Crippen LogP contribution in [0, 0.1) is 5.92 Å². The summed E-state index contributed by atoms with van der Waals surface area (Å²) in [5.74, 6) is -2.73. The van der Waals surface area contributed by atoms with E-state index in [4.69, 9.17) is 9.47 Å². The highest BCUT2D eigenvalue weighted by atomic mass is 16.6. The Morgan fingerprint density at radius 2 is 1.74 bits per heavy atom. The Labute approximate surface area is 153 Å². The number of esters is 2. The maximum Gasteiger partial charge on any atom is 0.345 e. The minimum atomic E-state index is -2.23. The first kappa shape index (κ1) is 19.3. The summed E-state index contributed by atoms with van der Waals surface area (Å²) in [6.45, 7) is 1.68. The average molecular weight is 381 g/mol. The van der Waals surface area contributed by atoms with Crippen molar-refractivity contribution in [3.05, 3.63) is 17.8 Å². The van der Waals surface area contributed by atoms with E-state index in [1.807, 2.05) is 6.08 Å². The van der Waals surface area contributed by atoms with Crippen molar-refractivity contribution in [2.75, 3.05) is 13.1 Å². The molecule has 11 nitrogen and oxygen atoms in total. The van der Waals surface area contributed by atoms with Gasteiger partial charge in [0.25, 0.3) is 0 Å². The molecule has 0 spiro atoms. The number of hydrogen-bond acceptors (Lipinski definition) is 11. The lowest BCUT2D eigenvalue weighted by Crippen LogP contribution is -2.51. The number of fused-ring (bicyclic) bond motifs is 2. The molecule has 4 unspecified atom stereocenters. The molecule has 1 aromatic heterocycles. The minimum absolute atomic E-state index is 0.269. The standard InChI is InChI=1S/C16H19N3O8/c20-9-10(21)12(23)15(25)27-16-18-6-8(2-1-7-3-4-17-5-7)13(19-16)26-14(24)11(9)22/h1-2,6-7,9-12,17,20-23H,3-5H2/b2-1+/t7-,9?,10?,11?,12?/m1/s1. The van der Waals surface area contributed by atoms with Crippen molar-refractivity contribution in [1.29, 1.82) is 0 Å². The van der Waals surface area contributed by atoms with Crippen LogP contribution in [-0.4, -0.2) is 79.8 Å². The molecule has 0 aromatic carbocycles. The SMILES string of the molecule is O=C1Oc2ncc(/C=C/[C@@H]3CCNC3)c(n2)OC(=O)C(O)C(O)C(O)C1O. The van der Waals surface area contributed by atoms with E-state index in [2.05, 4.69) is 15.3 Å². The van der Waals surface area contributed by atoms with Crippen molar-refractivity contribution in [1.82, 2.24) is 15.3 Å². The Hall–Kier alpha value is -2.44. The zero-order valence-corrected chi connectivity index (χ0v) is 14.1. The second-order valence-electron chi connectivity index (χ2n) is 6.24. The summed E-state index contributed by atoms with van der Waals surface area (Å²) < 4.78 is 9.72. The molecule has 1 saturated heterocycles. The Morgan fingerprint density at radius 3 is 2.37 bits per heavy atom. The quantitative estimate of drug-likeness (QED) is 0.339. The lowest BCUT2D eigenvalue weighted by Gasteiger charge is -2.23. The van der Waals surface area contributed by atoms with Gasteiger partial charge in [0.05, 0.1) is 5.56 Å². The molecule has 11 heteroatoms. The van der Waals surface area contributed by atoms with E-state index in [0.717, 1.165) is 19.5 Å². The largest absolute Gasteiger partial charge is 0.405 e. The topological polar surface area (TPSA) is 171 Å². The molecule has 1 aromatic rings. The molecule has 146 valence electrons. The fourth-order valence-corrected chi connectivity index (χ4v) is 2.64. The Balaban J connectivity index is 1.93. The van der Waals surface area contributed by atoms with E-state index in [1.165, 1.54) is 6.20 Å². The third-order valence-electron chi connectivity index (χ3n) is 4.27. The van der Waals surface area contributed by atoms with Gasteiger partial charge in [-0.15, -0.1) is 0 Å². The van der Waals surface area contributed by atoms with Crippen LogP contribution in [0.1, 0.15) is 12.0 Å². The summed E-state index contributed by atoms with van der Waals surface area (Å²) in [4.78, 5) is 31.5. The van der Waals surface area contributed by atoms with Crippen molar-refractivity contribution in [2.24, 2.45) is 5.92 Å². The van der Waals surface area contributed by atoms with Crippen LogP contribution in [-0.2, 0) is 9.59 Å². The van der Waals surface area contributed by atoms with Gasteiger partial charge in [-0.2, -0.15) is 4.98 Å². The lowest BCUT2D eigenvalue weighted by molar-refractivity contribution is -0.169. The summed E-state index contributed by atoms with van der Waals surface area (Å²) in [6.07, 6.45) is -3.17. The van der Waals surface area contributed by atoms with Crippen LogP contribution in [0.2, 0.25) is 0 Å². The van der Waals surface area contributed by atoms with E-state index in [1.54, 1.807) is 6.08 Å². The molecular formula is C16H19N3O8. The number of aliphatic hydroxyl groups excluding tert-OH is 4. The molecule has 2 bridgehead atoms. The number of carbonyl (C=O) groups excluding carboxylic acids is 2. The van der Waals surface area contributed by atoms with E-state index >= 15 is 0 Å². The second kappa shape index (κ2) is 8.06. The molecule has 0 amide bonds. The fraction of sp³-hybridized carbons (Fsp3) is 0.500. The van der Waals surface area contributed by atoms with Gasteiger partial charge >= 0.3 is 17.9 Å². The highest BCUT2D eigenvalue weighted by molar-refractivity contribution is 5.80. The summed E-state index contributed by atoms with van der Waals surface area (Å²) >= 11 is 0. The van der Waals surface area contributed by atoms with Gasteiger partial charge in [-0.25, -0.2) is 14.6 Å². The number of rotatable bonds is 2. The molecule has 27 heavy (non-hydrogen) atoms. The molecule has 2 aliphatic rings. The first-order chi connectivity index (χ1) is 12.9. The minimum Gasteiger partial charge on any atom is -0.405 e. The molecule has 3 rings (SSSR count). The van der Waals surface area contributed by atoms with Gasteiger partial charge < -0.3 is 35.2 Å². The zero-order chi connectivity index (χ0) is 19.6. The van der Waals surface area contributed by atoms with Gasteiger partial charge in [-0.3, -0.25) is 0 Å². The molecule has 3 heterocycles. The van der Waals surface area contributed by atoms with Crippen molar-refractivity contribution in [3.63, 3.8) is 0 Å². The van der Waals surface area contributed by atoms with Gasteiger partial charge in [-0.05, 0) is 18.9 Å². The molecule has 0 saturated carbocycles. The number of nitrogens with one attached hydrogen (secondary N) is 1. The molecular weight excluding hydrogens is 362 g/mol. The predicted octanol–water partition coefficient (Wildman–Crippen LogP) is -2.63. The molecule has 2 aliphatic heterocycles. The number of aromatic nitrogens is 2. The van der Waals surface area contributed by atoms with Crippen molar-refractivity contribution in [3.8, 4) is 11.9 Å². The van der Waals surface area contributed by atoms with Crippen molar-refractivity contribution in [2.45, 2.75) is 30.8 Å². The maximum atomic E-state index is 12.1. The number of aliphatic hydroxyl groups is 4. The van der Waals surface area contributed by atoms with Gasteiger partial charge in [0.15, 0.2) is 12.2 Å². The first-order valence-corrected chi connectivity index (χ1v) is 8.28. The number of ether oxygens (including phenoxy) is 2. The third-order valence-corrected chi connectivity index (χ3v) is 4.27. The van der Waals surface area contributed by atoms with Crippen LogP contribution in [0.4, 0.5) is 0 Å². The first-order valence-electron chi connectivity index (χ1n) is 8.28. The van der Waals surface area contributed by atoms with Crippen molar-refractivity contribution >= 4 is 18.0 Å². The lowest BCUT2D eigenvalue weighted by atomic mass is 10.0. The number of nitrogens with zero attached hydrogens (tertiary/aromatic N) is 2. The number of hydrogen-bond donors (Lipinski definition) is 5. The third kappa shape index (κ3) is 4.28. The predicted molar refractivity (Wildman–Crippen MR) is 87.3 cm³/mol. The fourth-order valence-electron chi connectivity index (χ4n) is 2.64. The van der Waals surface area contributed by atoms with E-state index in [9.17, 15) is 30.0 Å². The van der Waals surface area contributed by atoms with Crippen molar-refractivity contribution < 1.29 is 39.5 Å². The molecule has 5 N–H and O–H groups in total. The number of carbonyl (C=O) groups is 2. The zero-order valence-electron chi connectivity index (χ0n) is 14.1. The highest BCUT2D eigenvalue weighted by Gasteiger charge is 2.40. The normalized spacial score (nSPS) is 32.1. The Morgan fingerprint density at radius 1 is 1.07 bits per heavy atom. The Kier molecular flexibility index (Phi) is 5.77. The van der Waals surface area contributed by atoms with E-state index in [-0.39, 0.29) is 17.4 Å². The molecule has 1 fully saturated rings. The summed E-state index contributed by atoms with van der Waals surface area (Å²) in [5, 5.41) is 42.3. The van der Waals surface area contributed by atoms with Crippen LogP contribution < -0.4 is 14.8 Å². The smallest absolute Gasteiger partial charge is 0.345 e. The molecule has 0 radical (unpaired) electrons. The summed E-state index contributed by atoms with van der Waals surface area (Å²) in [5.41, 5.74) is 0.275. The van der Waals surface area contributed by atoms with E-state index in [0.29, 0.717) is 0 Å². The molecule has 5 atom stereocenters. The van der Waals surface area contributed by atoms with Gasteiger partial charge in [-0.1, -0.05) is 12.2 Å². The summed E-state index contributed by atoms with van der Waals surface area (Å²) in [6, 6.07) is -0.528. The Bertz CT molecular complexity index is 749. The van der Waals surface area contributed by atoms with Gasteiger partial charge in [0.1, 0.15) is 12.2 Å². The van der Waals surface area contributed by atoms with Crippen LogP contribution in [0.25, 0.3) is 6.08 Å². The van der Waals surface area contributed by atoms with Crippen LogP contribution in [0.15, 0.2) is 12.3 Å². The highest BCUT2D eigenvalue weighted by Crippen LogP contribution is 2.23. The van der Waals surface area contributed by atoms with Gasteiger partial charge in [0.2, 0.25) is 5.88 Å².